The van der Waals surface area contributed by atoms with Crippen LogP contribution in [0.3, 0.4) is 0 Å². The van der Waals surface area contributed by atoms with Crippen molar-refractivity contribution in [3.05, 3.63) is 12.2 Å². The molecule has 1 aliphatic heterocycles. The minimum atomic E-state index is 0.662. The molecule has 1 aromatic heterocycles. The highest BCUT2D eigenvalue weighted by Crippen LogP contribution is 2.33. The number of hydrogen-bond donors (Lipinski definition) is 1. The Kier molecular flexibility index (Phi) is 2.65. The van der Waals surface area contributed by atoms with E-state index in [1.807, 2.05) is 6.33 Å². The smallest absolute Gasteiger partial charge is 0.147 e. The fourth-order valence-corrected chi connectivity index (χ4v) is 2.53. The summed E-state index contributed by atoms with van der Waals surface area (Å²) in [6.07, 6.45) is 4.63. The number of nitrogens with one attached hydrogen (secondary N) is 1. The van der Waals surface area contributed by atoms with E-state index in [1.54, 1.807) is 0 Å². The molecule has 2 aliphatic rings. The van der Waals surface area contributed by atoms with Crippen LogP contribution in [-0.4, -0.2) is 45.8 Å². The molecule has 2 heterocycles. The van der Waals surface area contributed by atoms with Crippen LogP contribution >= 0.6 is 0 Å². The normalized spacial score (nSPS) is 23.1. The minimum absolute atomic E-state index is 0.662. The van der Waals surface area contributed by atoms with Gasteiger partial charge >= 0.3 is 0 Å². The first-order valence-electron chi connectivity index (χ1n) is 6.13. The van der Waals surface area contributed by atoms with Gasteiger partial charge in [-0.25, -0.2) is 0 Å². The molecule has 5 nitrogen and oxygen atoms in total. The van der Waals surface area contributed by atoms with Crippen molar-refractivity contribution in [1.29, 1.82) is 0 Å². The zero-order valence-electron chi connectivity index (χ0n) is 9.76. The Balaban J connectivity index is 1.60. The van der Waals surface area contributed by atoms with Crippen LogP contribution in [0.4, 0.5) is 0 Å². The molecular weight excluding hydrogens is 202 g/mol. The third kappa shape index (κ3) is 1.97. The summed E-state index contributed by atoms with van der Waals surface area (Å²) in [4.78, 5) is 2.49. The summed E-state index contributed by atoms with van der Waals surface area (Å²) in [5.41, 5.74) is 0. The number of likely N-dealkylation sites (N-methyl/N-ethyl adjacent to an activating group) is 1. The third-order valence-corrected chi connectivity index (χ3v) is 3.73. The van der Waals surface area contributed by atoms with Crippen molar-refractivity contribution in [3.8, 4) is 0 Å². The Labute approximate surface area is 95.8 Å². The predicted molar refractivity (Wildman–Crippen MR) is 60.9 cm³/mol. The lowest BCUT2D eigenvalue weighted by atomic mass is 10.1. The predicted octanol–water partition coefficient (Wildman–Crippen LogP) is 0.0917. The van der Waals surface area contributed by atoms with E-state index >= 15 is 0 Å². The van der Waals surface area contributed by atoms with Gasteiger partial charge in [-0.3, -0.25) is 4.90 Å². The maximum absolute atomic E-state index is 4.15. The summed E-state index contributed by atoms with van der Waals surface area (Å²) < 4.78 is 2.15. The molecule has 1 aromatic rings. The Morgan fingerprint density at radius 3 is 3.12 bits per heavy atom. The standard InChI is InChI=1S/C11H19N5/c1-12-10(9-2-3-9)6-15-4-5-16-8-13-14-11(16)7-15/h8-10,12H,2-7H2,1H3. The van der Waals surface area contributed by atoms with Crippen molar-refractivity contribution in [2.45, 2.75) is 32.0 Å². The molecular formula is C11H19N5. The first-order valence-corrected chi connectivity index (χ1v) is 6.13. The summed E-state index contributed by atoms with van der Waals surface area (Å²) in [5, 5.41) is 11.6. The van der Waals surface area contributed by atoms with E-state index in [0.29, 0.717) is 6.04 Å². The molecule has 88 valence electrons. The molecule has 0 aromatic carbocycles. The van der Waals surface area contributed by atoms with Crippen molar-refractivity contribution in [1.82, 2.24) is 25.0 Å². The van der Waals surface area contributed by atoms with Gasteiger partial charge < -0.3 is 9.88 Å². The first kappa shape index (κ1) is 10.2. The van der Waals surface area contributed by atoms with E-state index < -0.39 is 0 Å². The van der Waals surface area contributed by atoms with Gasteiger partial charge in [0.15, 0.2) is 0 Å². The largest absolute Gasteiger partial charge is 0.315 e. The summed E-state index contributed by atoms with van der Waals surface area (Å²) in [6.45, 7) is 4.25. The number of nitrogens with zero attached hydrogens (tertiary/aromatic N) is 4. The van der Waals surface area contributed by atoms with E-state index in [4.69, 9.17) is 0 Å². The van der Waals surface area contributed by atoms with Gasteiger partial charge in [0.1, 0.15) is 12.2 Å². The van der Waals surface area contributed by atoms with Crippen LogP contribution in [0.15, 0.2) is 6.33 Å². The lowest BCUT2D eigenvalue weighted by molar-refractivity contribution is 0.190. The lowest BCUT2D eigenvalue weighted by Crippen LogP contribution is -2.44. The van der Waals surface area contributed by atoms with E-state index in [9.17, 15) is 0 Å². The molecule has 1 aliphatic carbocycles. The number of hydrogen-bond acceptors (Lipinski definition) is 4. The zero-order valence-corrected chi connectivity index (χ0v) is 9.76. The van der Waals surface area contributed by atoms with Crippen LogP contribution in [-0.2, 0) is 13.1 Å². The Hall–Kier alpha value is -0.940. The van der Waals surface area contributed by atoms with Crippen molar-refractivity contribution in [2.75, 3.05) is 20.1 Å². The van der Waals surface area contributed by atoms with Gasteiger partial charge in [0.25, 0.3) is 0 Å². The van der Waals surface area contributed by atoms with Gasteiger partial charge in [-0.15, -0.1) is 10.2 Å². The molecule has 16 heavy (non-hydrogen) atoms. The van der Waals surface area contributed by atoms with Crippen LogP contribution in [0, 0.1) is 5.92 Å². The van der Waals surface area contributed by atoms with Crippen LogP contribution in [0.2, 0.25) is 0 Å². The highest BCUT2D eigenvalue weighted by molar-refractivity contribution is 4.93. The second-order valence-corrected chi connectivity index (χ2v) is 4.91. The first-order chi connectivity index (χ1) is 7.86. The average molecular weight is 221 g/mol. The SMILES string of the molecule is CNC(CN1CCn2cnnc2C1)C1CC1. The molecule has 1 fully saturated rings. The quantitative estimate of drug-likeness (QED) is 0.783. The second-order valence-electron chi connectivity index (χ2n) is 4.91. The minimum Gasteiger partial charge on any atom is -0.315 e. The Morgan fingerprint density at radius 2 is 2.38 bits per heavy atom. The third-order valence-electron chi connectivity index (χ3n) is 3.73. The van der Waals surface area contributed by atoms with Crippen LogP contribution in [0.1, 0.15) is 18.7 Å². The van der Waals surface area contributed by atoms with Gasteiger partial charge in [0, 0.05) is 25.7 Å². The molecule has 1 N–H and O–H groups in total. The van der Waals surface area contributed by atoms with Gasteiger partial charge in [-0.1, -0.05) is 0 Å². The second kappa shape index (κ2) is 4.14. The van der Waals surface area contributed by atoms with Crippen LogP contribution in [0.25, 0.3) is 0 Å². The topological polar surface area (TPSA) is 46.0 Å². The zero-order chi connectivity index (χ0) is 11.0. The van der Waals surface area contributed by atoms with E-state index in [-0.39, 0.29) is 0 Å². The Morgan fingerprint density at radius 1 is 1.50 bits per heavy atom. The van der Waals surface area contributed by atoms with Crippen molar-refractivity contribution < 1.29 is 0 Å². The van der Waals surface area contributed by atoms with E-state index in [1.165, 1.54) is 12.8 Å². The summed E-state index contributed by atoms with van der Waals surface area (Å²) in [6, 6.07) is 0.662. The molecule has 1 saturated carbocycles. The molecule has 0 amide bonds. The number of fused-ring (bicyclic) bond motifs is 1. The molecule has 0 saturated heterocycles. The van der Waals surface area contributed by atoms with Crippen molar-refractivity contribution >= 4 is 0 Å². The fraction of sp³-hybridized carbons (Fsp3) is 0.818. The highest BCUT2D eigenvalue weighted by Gasteiger charge is 2.32. The summed E-state index contributed by atoms with van der Waals surface area (Å²) in [5.74, 6) is 2.02. The number of rotatable bonds is 4. The van der Waals surface area contributed by atoms with Gasteiger partial charge in [0.05, 0.1) is 6.54 Å². The summed E-state index contributed by atoms with van der Waals surface area (Å²) >= 11 is 0. The van der Waals surface area contributed by atoms with E-state index in [0.717, 1.165) is 37.9 Å². The number of aromatic nitrogens is 3. The molecule has 5 heteroatoms. The molecule has 0 bridgehead atoms. The highest BCUT2D eigenvalue weighted by atomic mass is 15.3. The molecule has 0 spiro atoms. The monoisotopic (exact) mass is 221 g/mol. The summed E-state index contributed by atoms with van der Waals surface area (Å²) in [7, 11) is 2.08. The van der Waals surface area contributed by atoms with Crippen LogP contribution in [0.5, 0.6) is 0 Å². The lowest BCUT2D eigenvalue weighted by Gasteiger charge is -2.30. The molecule has 1 atom stereocenters. The van der Waals surface area contributed by atoms with Gasteiger partial charge in [0.2, 0.25) is 0 Å². The maximum atomic E-state index is 4.15. The van der Waals surface area contributed by atoms with E-state index in [2.05, 4.69) is 32.0 Å². The molecule has 3 rings (SSSR count). The average Bonchev–Trinajstić information content (AvgIpc) is 3.04. The van der Waals surface area contributed by atoms with Gasteiger partial charge in [-0.2, -0.15) is 0 Å². The fourth-order valence-electron chi connectivity index (χ4n) is 2.53. The molecule has 1 unspecified atom stereocenters. The molecule has 0 radical (unpaired) electrons. The maximum Gasteiger partial charge on any atom is 0.147 e. The Bertz CT molecular complexity index is 357. The van der Waals surface area contributed by atoms with Gasteiger partial charge in [-0.05, 0) is 25.8 Å². The van der Waals surface area contributed by atoms with Crippen molar-refractivity contribution in [2.24, 2.45) is 5.92 Å². The van der Waals surface area contributed by atoms with Crippen LogP contribution < -0.4 is 5.32 Å². The van der Waals surface area contributed by atoms with Crippen molar-refractivity contribution in [3.63, 3.8) is 0 Å².